The molecule has 0 saturated carbocycles. The molecular weight excluding hydrogens is 108 g/mol. The van der Waals surface area contributed by atoms with Crippen molar-refractivity contribution in [2.24, 2.45) is 4.99 Å². The van der Waals surface area contributed by atoms with E-state index >= 15 is 0 Å². The molecule has 0 spiro atoms. The van der Waals surface area contributed by atoms with Crippen molar-refractivity contribution in [2.75, 3.05) is 12.3 Å². The first kappa shape index (κ1) is 4.97. The van der Waals surface area contributed by atoms with Crippen molar-refractivity contribution >= 4 is 19.0 Å². The van der Waals surface area contributed by atoms with Gasteiger partial charge in [-0.1, -0.05) is 0 Å². The van der Waals surface area contributed by atoms with E-state index in [1.165, 1.54) is 0 Å². The summed E-state index contributed by atoms with van der Waals surface area (Å²) in [4.78, 5) is 4.04. The fourth-order valence-electron chi connectivity index (χ4n) is 0.511. The first-order valence-corrected chi connectivity index (χ1v) is 2.92. The summed E-state index contributed by atoms with van der Waals surface area (Å²) in [7, 11) is 0. The molecule has 0 aromatic carbocycles. The zero-order valence-corrected chi connectivity index (χ0v) is 4.86. The molecule has 1 N–H and O–H groups in total. The van der Waals surface area contributed by atoms with Crippen LogP contribution in [0.4, 0.5) is 0 Å². The molecule has 0 radical (unpaired) electrons. The minimum absolute atomic E-state index is 0.420. The minimum atomic E-state index is 0.420. The van der Waals surface area contributed by atoms with Gasteiger partial charge >= 0.3 is 0 Å². The van der Waals surface area contributed by atoms with Crippen LogP contribution in [0.2, 0.25) is 0 Å². The second-order valence-electron chi connectivity index (χ2n) is 1.52. The number of thiol groups is 1. The summed E-state index contributed by atoms with van der Waals surface area (Å²) in [6.45, 7) is 0.962. The maximum atomic E-state index is 4.06. The number of nitrogens with zero attached hydrogens (tertiary/aromatic N) is 1. The van der Waals surface area contributed by atoms with Crippen LogP contribution in [0.15, 0.2) is 4.99 Å². The molecule has 0 aliphatic carbocycles. The van der Waals surface area contributed by atoms with Crippen LogP contribution in [0, 0.1) is 0 Å². The van der Waals surface area contributed by atoms with E-state index in [1.807, 2.05) is 0 Å². The van der Waals surface area contributed by atoms with Crippen LogP contribution >= 0.6 is 12.6 Å². The molecule has 0 aromatic rings. The van der Waals surface area contributed by atoms with Crippen molar-refractivity contribution in [3.63, 3.8) is 0 Å². The summed E-state index contributed by atoms with van der Waals surface area (Å²) in [6.07, 6.45) is 1.74. The molecule has 1 aliphatic rings. The molecular formula is C4H8N2S. The van der Waals surface area contributed by atoms with E-state index in [2.05, 4.69) is 22.9 Å². The summed E-state index contributed by atoms with van der Waals surface area (Å²) >= 11 is 4.06. The molecule has 0 saturated heterocycles. The molecule has 0 amide bonds. The largest absolute Gasteiger partial charge is 0.374 e. The first-order valence-electron chi connectivity index (χ1n) is 2.29. The van der Waals surface area contributed by atoms with E-state index in [9.17, 15) is 0 Å². The van der Waals surface area contributed by atoms with Gasteiger partial charge in [0, 0.05) is 12.3 Å². The lowest BCUT2D eigenvalue weighted by Crippen LogP contribution is -2.15. The van der Waals surface area contributed by atoms with Gasteiger partial charge in [0.25, 0.3) is 0 Å². The van der Waals surface area contributed by atoms with Gasteiger partial charge in [0.15, 0.2) is 0 Å². The zero-order chi connectivity index (χ0) is 5.11. The number of aliphatic imine (C=N–C) groups is 1. The molecule has 1 unspecified atom stereocenters. The minimum Gasteiger partial charge on any atom is -0.374 e. The Morgan fingerprint density at radius 3 is 3.14 bits per heavy atom. The highest BCUT2D eigenvalue weighted by Gasteiger charge is 2.04. The summed E-state index contributed by atoms with van der Waals surface area (Å²) in [5, 5.41) is 2.98. The predicted molar refractivity (Wildman–Crippen MR) is 34.1 cm³/mol. The fourth-order valence-corrected chi connectivity index (χ4v) is 0.735. The molecule has 0 aromatic heterocycles. The molecule has 0 bridgehead atoms. The SMILES string of the molecule is SCC1CNC=N1. The molecule has 1 rings (SSSR count). The Morgan fingerprint density at radius 1 is 2.00 bits per heavy atom. The number of hydrogen-bond acceptors (Lipinski definition) is 3. The van der Waals surface area contributed by atoms with E-state index in [-0.39, 0.29) is 0 Å². The van der Waals surface area contributed by atoms with Crippen molar-refractivity contribution in [3.8, 4) is 0 Å². The standard InChI is InChI=1S/C4H8N2S/c7-2-4-1-5-3-6-4/h3-4,7H,1-2H2,(H,5,6). The summed E-state index contributed by atoms with van der Waals surface area (Å²) < 4.78 is 0. The van der Waals surface area contributed by atoms with Crippen LogP contribution in [0.3, 0.4) is 0 Å². The van der Waals surface area contributed by atoms with E-state index in [4.69, 9.17) is 0 Å². The van der Waals surface area contributed by atoms with Crippen molar-refractivity contribution in [3.05, 3.63) is 0 Å². The predicted octanol–water partition coefficient (Wildman–Crippen LogP) is -0.0837. The number of nitrogens with one attached hydrogen (secondary N) is 1. The van der Waals surface area contributed by atoms with Gasteiger partial charge in [-0.25, -0.2) is 0 Å². The highest BCUT2D eigenvalue weighted by atomic mass is 32.1. The normalized spacial score (nSPS) is 27.9. The Bertz CT molecular complexity index is 81.8. The van der Waals surface area contributed by atoms with Gasteiger partial charge < -0.3 is 5.32 Å². The van der Waals surface area contributed by atoms with Crippen LogP contribution in [0.1, 0.15) is 0 Å². The topological polar surface area (TPSA) is 24.4 Å². The van der Waals surface area contributed by atoms with Gasteiger partial charge in [0.1, 0.15) is 0 Å². The molecule has 0 fully saturated rings. The second kappa shape index (κ2) is 2.21. The molecule has 3 heteroatoms. The van der Waals surface area contributed by atoms with Crippen molar-refractivity contribution < 1.29 is 0 Å². The van der Waals surface area contributed by atoms with Crippen LogP contribution in [-0.2, 0) is 0 Å². The smallest absolute Gasteiger partial charge is 0.0829 e. The summed E-state index contributed by atoms with van der Waals surface area (Å²) in [6, 6.07) is 0.420. The van der Waals surface area contributed by atoms with E-state index in [1.54, 1.807) is 6.34 Å². The fraction of sp³-hybridized carbons (Fsp3) is 0.750. The Kier molecular flexibility index (Phi) is 1.57. The third kappa shape index (κ3) is 1.09. The van der Waals surface area contributed by atoms with Crippen molar-refractivity contribution in [1.29, 1.82) is 0 Å². The highest BCUT2D eigenvalue weighted by molar-refractivity contribution is 7.80. The maximum absolute atomic E-state index is 4.06. The van der Waals surface area contributed by atoms with Crippen molar-refractivity contribution in [1.82, 2.24) is 5.32 Å². The zero-order valence-electron chi connectivity index (χ0n) is 3.96. The highest BCUT2D eigenvalue weighted by Crippen LogP contribution is 1.94. The monoisotopic (exact) mass is 116 g/mol. The van der Waals surface area contributed by atoms with Crippen LogP contribution in [0.25, 0.3) is 0 Å². The van der Waals surface area contributed by atoms with Gasteiger partial charge in [-0.05, 0) is 0 Å². The van der Waals surface area contributed by atoms with E-state index in [0.717, 1.165) is 12.3 Å². The molecule has 7 heavy (non-hydrogen) atoms. The van der Waals surface area contributed by atoms with Gasteiger partial charge in [-0.15, -0.1) is 0 Å². The quantitative estimate of drug-likeness (QED) is 0.460. The van der Waals surface area contributed by atoms with Crippen LogP contribution < -0.4 is 5.32 Å². The molecule has 1 atom stereocenters. The maximum Gasteiger partial charge on any atom is 0.0829 e. The van der Waals surface area contributed by atoms with Gasteiger partial charge in [-0.2, -0.15) is 12.6 Å². The van der Waals surface area contributed by atoms with E-state index in [0.29, 0.717) is 6.04 Å². The lowest BCUT2D eigenvalue weighted by Gasteiger charge is -1.96. The average Bonchev–Trinajstić information content (AvgIpc) is 2.14. The Balaban J connectivity index is 2.28. The van der Waals surface area contributed by atoms with Gasteiger partial charge in [0.05, 0.1) is 12.4 Å². The lowest BCUT2D eigenvalue weighted by atomic mass is 10.4. The van der Waals surface area contributed by atoms with Crippen molar-refractivity contribution in [2.45, 2.75) is 6.04 Å². The molecule has 1 aliphatic heterocycles. The first-order chi connectivity index (χ1) is 3.43. The lowest BCUT2D eigenvalue weighted by molar-refractivity contribution is 0.778. The summed E-state index contributed by atoms with van der Waals surface area (Å²) in [5.74, 6) is 0.851. The second-order valence-corrected chi connectivity index (χ2v) is 1.89. The van der Waals surface area contributed by atoms with Gasteiger partial charge in [-0.3, -0.25) is 4.99 Å². The average molecular weight is 116 g/mol. The number of rotatable bonds is 1. The Labute approximate surface area is 48.4 Å². The van der Waals surface area contributed by atoms with Crippen LogP contribution in [-0.4, -0.2) is 24.7 Å². The molecule has 40 valence electrons. The Morgan fingerprint density at radius 2 is 2.86 bits per heavy atom. The third-order valence-electron chi connectivity index (χ3n) is 0.941. The number of hydrogen-bond donors (Lipinski definition) is 2. The van der Waals surface area contributed by atoms with E-state index < -0.39 is 0 Å². The molecule has 1 heterocycles. The van der Waals surface area contributed by atoms with Crippen LogP contribution in [0.5, 0.6) is 0 Å². The molecule has 2 nitrogen and oxygen atoms in total. The van der Waals surface area contributed by atoms with Gasteiger partial charge in [0.2, 0.25) is 0 Å². The Hall–Kier alpha value is -0.180. The third-order valence-corrected chi connectivity index (χ3v) is 1.36. The summed E-state index contributed by atoms with van der Waals surface area (Å²) in [5.41, 5.74) is 0.